The minimum absolute atomic E-state index is 0.255. The topological polar surface area (TPSA) is 22.1 Å². The van der Waals surface area contributed by atoms with Crippen LogP contribution in [0.5, 0.6) is 0 Å². The van der Waals surface area contributed by atoms with Crippen LogP contribution in [0.1, 0.15) is 47.2 Å². The predicted octanol–water partition coefficient (Wildman–Crippen LogP) is 5.38. The van der Waals surface area contributed by atoms with Gasteiger partial charge in [-0.05, 0) is 23.2 Å². The van der Waals surface area contributed by atoms with Gasteiger partial charge in [0.15, 0.2) is 8.32 Å². The van der Waals surface area contributed by atoms with Crippen LogP contribution in [0.25, 0.3) is 0 Å². The molecule has 0 saturated carbocycles. The smallest absolute Gasteiger partial charge is 0.192 e. The van der Waals surface area contributed by atoms with Crippen LogP contribution in [0, 0.1) is 0 Å². The second kappa shape index (κ2) is 5.91. The van der Waals surface area contributed by atoms with E-state index >= 15 is 0 Å². The molecule has 5 heteroatoms. The van der Waals surface area contributed by atoms with Crippen LogP contribution in [-0.4, -0.2) is 21.4 Å². The Balaban J connectivity index is 2.83. The molecule has 122 valence electrons. The molecule has 21 heavy (non-hydrogen) atoms. The highest BCUT2D eigenvalue weighted by molar-refractivity contribution is 7.25. The third-order valence-electron chi connectivity index (χ3n) is 5.35. The molecule has 0 bridgehead atoms. The lowest BCUT2D eigenvalue weighted by molar-refractivity contribution is 0.273. The van der Waals surface area contributed by atoms with Crippen molar-refractivity contribution in [2.45, 2.75) is 84.4 Å². The highest BCUT2D eigenvalue weighted by Gasteiger charge is 2.40. The second-order valence-electron chi connectivity index (χ2n) is 9.07. The molecular weight excluding hydrogens is 310 g/mol. The largest absolute Gasteiger partial charge is 0.411 e. The van der Waals surface area contributed by atoms with Crippen LogP contribution in [0.15, 0.2) is 5.38 Å². The minimum atomic E-state index is -1.68. The number of hydrogen-bond donors (Lipinski definition) is 0. The lowest BCUT2D eigenvalue weighted by Gasteiger charge is -2.36. The summed E-state index contributed by atoms with van der Waals surface area (Å²) in [5, 5.41) is 2.79. The molecule has 0 N–H and O–H groups in total. The summed E-state index contributed by atoms with van der Waals surface area (Å²) in [6.07, 6.45) is 0. The molecule has 0 radical (unpaired) electrons. The van der Waals surface area contributed by atoms with Gasteiger partial charge >= 0.3 is 0 Å². The van der Waals surface area contributed by atoms with Crippen LogP contribution >= 0.6 is 11.3 Å². The second-order valence-corrected chi connectivity index (χ2v) is 20.3. The average molecular weight is 344 g/mol. The van der Waals surface area contributed by atoms with Crippen molar-refractivity contribution < 1.29 is 4.43 Å². The normalized spacial score (nSPS) is 14.6. The fourth-order valence-electron chi connectivity index (χ4n) is 1.45. The van der Waals surface area contributed by atoms with Crippen molar-refractivity contribution in [1.29, 1.82) is 0 Å². The van der Waals surface area contributed by atoms with Gasteiger partial charge in [-0.15, -0.1) is 11.3 Å². The lowest BCUT2D eigenvalue weighted by atomic mass is 10.2. The molecule has 0 spiro atoms. The Morgan fingerprint density at radius 1 is 1.00 bits per heavy atom. The van der Waals surface area contributed by atoms with E-state index in [1.54, 1.807) is 0 Å². The first kappa shape index (κ1) is 19.1. The monoisotopic (exact) mass is 343 g/mol. The quantitative estimate of drug-likeness (QED) is 0.685. The van der Waals surface area contributed by atoms with Crippen molar-refractivity contribution >= 4 is 32.4 Å². The Kier molecular flexibility index (Phi) is 5.37. The molecule has 0 aliphatic carbocycles. The van der Waals surface area contributed by atoms with Gasteiger partial charge < -0.3 is 4.43 Å². The number of aromatic nitrogens is 1. The van der Waals surface area contributed by atoms with Gasteiger partial charge in [-0.3, -0.25) is 0 Å². The van der Waals surface area contributed by atoms with Gasteiger partial charge in [0.2, 0.25) is 0 Å². The molecule has 0 saturated heterocycles. The summed E-state index contributed by atoms with van der Waals surface area (Å²) >= 11 is 1.83. The summed E-state index contributed by atoms with van der Waals surface area (Å²) in [6.45, 7) is 24.0. The van der Waals surface area contributed by atoms with Gasteiger partial charge in [-0.1, -0.05) is 54.6 Å². The summed E-state index contributed by atoms with van der Waals surface area (Å²) in [4.78, 5) is 4.91. The van der Waals surface area contributed by atoms with Gasteiger partial charge in [0.25, 0.3) is 0 Å². The molecule has 1 aromatic rings. The Labute approximate surface area is 137 Å². The molecule has 0 aromatic carbocycles. The maximum Gasteiger partial charge on any atom is 0.192 e. The Hall–Kier alpha value is 0.0238. The van der Waals surface area contributed by atoms with E-state index in [1.807, 2.05) is 11.3 Å². The summed E-state index contributed by atoms with van der Waals surface area (Å²) in [5.74, 6) is 0. The average Bonchev–Trinajstić information content (AvgIpc) is 2.72. The number of thiazole rings is 1. The summed E-state index contributed by atoms with van der Waals surface area (Å²) in [7, 11) is -3.19. The van der Waals surface area contributed by atoms with E-state index in [0.717, 1.165) is 5.69 Å². The van der Waals surface area contributed by atoms with Crippen LogP contribution in [0.2, 0.25) is 36.3 Å². The molecule has 1 rings (SSSR count). The van der Waals surface area contributed by atoms with Crippen molar-refractivity contribution in [2.24, 2.45) is 0 Å². The zero-order valence-corrected chi connectivity index (χ0v) is 18.4. The van der Waals surface area contributed by atoms with Gasteiger partial charge in [-0.2, -0.15) is 0 Å². The summed E-state index contributed by atoms with van der Waals surface area (Å²) < 4.78 is 7.64. The van der Waals surface area contributed by atoms with E-state index in [1.165, 1.54) is 4.63 Å². The van der Waals surface area contributed by atoms with Crippen molar-refractivity contribution in [1.82, 2.24) is 4.98 Å². The Morgan fingerprint density at radius 3 is 1.95 bits per heavy atom. The third kappa shape index (κ3) is 4.27. The zero-order chi connectivity index (χ0) is 16.7. The third-order valence-corrected chi connectivity index (χ3v) is 17.3. The van der Waals surface area contributed by atoms with Gasteiger partial charge in [-0.25, -0.2) is 4.98 Å². The fraction of sp³-hybridized carbons (Fsp3) is 0.812. The van der Waals surface area contributed by atoms with Crippen LogP contribution in [-0.2, 0) is 11.0 Å². The van der Waals surface area contributed by atoms with Crippen molar-refractivity contribution in [3.63, 3.8) is 0 Å². The fourth-order valence-corrected chi connectivity index (χ4v) is 6.27. The number of rotatable bonds is 4. The van der Waals surface area contributed by atoms with Crippen LogP contribution in [0.4, 0.5) is 0 Å². The predicted molar refractivity (Wildman–Crippen MR) is 101 cm³/mol. The highest BCUT2D eigenvalue weighted by Crippen LogP contribution is 2.38. The van der Waals surface area contributed by atoms with Crippen LogP contribution < -0.4 is 4.63 Å². The summed E-state index contributed by atoms with van der Waals surface area (Å²) in [6, 6.07) is 0. The number of hydrogen-bond acceptors (Lipinski definition) is 3. The highest BCUT2D eigenvalue weighted by atomic mass is 32.1. The molecule has 1 heterocycles. The Morgan fingerprint density at radius 2 is 1.52 bits per heavy atom. The number of nitrogens with zero attached hydrogens (tertiary/aromatic N) is 1. The first-order chi connectivity index (χ1) is 9.18. The molecule has 0 amide bonds. The zero-order valence-electron chi connectivity index (χ0n) is 15.5. The van der Waals surface area contributed by atoms with Gasteiger partial charge in [0, 0.05) is 5.38 Å². The van der Waals surface area contributed by atoms with Crippen molar-refractivity contribution in [2.75, 3.05) is 0 Å². The van der Waals surface area contributed by atoms with E-state index in [2.05, 4.69) is 73.1 Å². The lowest BCUT2D eigenvalue weighted by Crippen LogP contribution is -2.49. The maximum absolute atomic E-state index is 6.29. The van der Waals surface area contributed by atoms with Crippen LogP contribution in [0.3, 0.4) is 0 Å². The van der Waals surface area contributed by atoms with Gasteiger partial charge in [0.05, 0.1) is 16.9 Å². The molecule has 0 unspecified atom stereocenters. The van der Waals surface area contributed by atoms with Crippen molar-refractivity contribution in [3.05, 3.63) is 11.1 Å². The van der Waals surface area contributed by atoms with E-state index in [9.17, 15) is 0 Å². The SMILES string of the molecule is CC(C)(C)[Si](C)(C)OCc1csc([Si](C)(C)C(C)(C)C)n1. The minimum Gasteiger partial charge on any atom is -0.411 e. The molecule has 0 aliphatic rings. The first-order valence-electron chi connectivity index (χ1n) is 7.77. The van der Waals surface area contributed by atoms with E-state index < -0.39 is 16.4 Å². The molecule has 1 aromatic heterocycles. The maximum atomic E-state index is 6.29. The van der Waals surface area contributed by atoms with E-state index in [4.69, 9.17) is 9.41 Å². The molecule has 2 nitrogen and oxygen atoms in total. The summed E-state index contributed by atoms with van der Waals surface area (Å²) in [5.41, 5.74) is 1.12. The first-order valence-corrected chi connectivity index (χ1v) is 14.6. The van der Waals surface area contributed by atoms with E-state index in [0.29, 0.717) is 11.6 Å². The van der Waals surface area contributed by atoms with Crippen molar-refractivity contribution in [3.8, 4) is 0 Å². The Bertz CT molecular complexity index is 481. The van der Waals surface area contributed by atoms with E-state index in [-0.39, 0.29) is 5.04 Å². The standard InChI is InChI=1S/C16H33NOSSi2/c1-15(2,3)20(7,8)14-17-13(12-19-14)11-18-21(9,10)16(4,5)6/h12H,11H2,1-10H3. The molecular formula is C16H33NOSSi2. The molecule has 0 atom stereocenters. The molecule has 0 aliphatic heterocycles. The molecule has 0 fully saturated rings. The van der Waals surface area contributed by atoms with Gasteiger partial charge in [0.1, 0.15) is 8.07 Å².